The summed E-state index contributed by atoms with van der Waals surface area (Å²) in [6, 6.07) is 20.2. The largest absolute Gasteiger partial charge is 0.427 e. The molecule has 30 heavy (non-hydrogen) atoms. The van der Waals surface area contributed by atoms with Crippen molar-refractivity contribution in [1.29, 1.82) is 0 Å². The summed E-state index contributed by atoms with van der Waals surface area (Å²) in [6.07, 6.45) is 0.104. The molecule has 3 aromatic rings. The van der Waals surface area contributed by atoms with Gasteiger partial charge in [-0.25, -0.2) is 0 Å². The summed E-state index contributed by atoms with van der Waals surface area (Å²) in [5.41, 5.74) is 1.92. The van der Waals surface area contributed by atoms with E-state index in [0.29, 0.717) is 27.5 Å². The molecule has 0 spiro atoms. The van der Waals surface area contributed by atoms with Gasteiger partial charge >= 0.3 is 5.97 Å². The van der Waals surface area contributed by atoms with E-state index < -0.39 is 11.9 Å². The van der Waals surface area contributed by atoms with Crippen molar-refractivity contribution < 1.29 is 19.1 Å². The number of amides is 2. The second-order valence-corrected chi connectivity index (χ2v) is 6.84. The van der Waals surface area contributed by atoms with E-state index in [1.165, 1.54) is 13.0 Å². The minimum absolute atomic E-state index is 0.104. The summed E-state index contributed by atoms with van der Waals surface area (Å²) in [5.74, 6) is -0.867. The number of benzene rings is 3. The molecule has 0 saturated carbocycles. The fraction of sp³-hybridized carbons (Fsp3) is 0.0870. The van der Waals surface area contributed by atoms with E-state index >= 15 is 0 Å². The van der Waals surface area contributed by atoms with Crippen LogP contribution in [0, 0.1) is 0 Å². The Morgan fingerprint density at radius 2 is 1.53 bits per heavy atom. The Hall–Kier alpha value is -3.64. The SMILES string of the molecule is CC(=O)Oc1cccc(C(=O)Nc2ccccc2NC(=O)Cc2ccccc2Cl)c1. The van der Waals surface area contributed by atoms with Gasteiger partial charge < -0.3 is 15.4 Å². The molecule has 0 aliphatic heterocycles. The monoisotopic (exact) mass is 422 g/mol. The fourth-order valence-electron chi connectivity index (χ4n) is 2.77. The lowest BCUT2D eigenvalue weighted by atomic mass is 10.1. The van der Waals surface area contributed by atoms with Crippen LogP contribution in [0.5, 0.6) is 5.75 Å². The van der Waals surface area contributed by atoms with Crippen molar-refractivity contribution in [2.75, 3.05) is 10.6 Å². The van der Waals surface area contributed by atoms with Crippen molar-refractivity contribution in [3.05, 3.63) is 88.9 Å². The molecule has 7 heteroatoms. The van der Waals surface area contributed by atoms with Crippen LogP contribution in [0.4, 0.5) is 11.4 Å². The van der Waals surface area contributed by atoms with Gasteiger partial charge in [-0.3, -0.25) is 14.4 Å². The quantitative estimate of drug-likeness (QED) is 0.445. The second kappa shape index (κ2) is 9.71. The van der Waals surface area contributed by atoms with Crippen LogP contribution >= 0.6 is 11.6 Å². The number of nitrogens with one attached hydrogen (secondary N) is 2. The first kappa shape index (κ1) is 21.1. The van der Waals surface area contributed by atoms with Crippen molar-refractivity contribution in [2.24, 2.45) is 0 Å². The highest BCUT2D eigenvalue weighted by atomic mass is 35.5. The number of hydrogen-bond donors (Lipinski definition) is 2. The Bertz CT molecular complexity index is 1100. The van der Waals surface area contributed by atoms with Gasteiger partial charge in [-0.15, -0.1) is 0 Å². The number of carbonyl (C=O) groups excluding carboxylic acids is 3. The van der Waals surface area contributed by atoms with E-state index in [4.69, 9.17) is 16.3 Å². The topological polar surface area (TPSA) is 84.5 Å². The van der Waals surface area contributed by atoms with Gasteiger partial charge in [-0.2, -0.15) is 0 Å². The average molecular weight is 423 g/mol. The minimum atomic E-state index is -0.473. The molecule has 0 bridgehead atoms. The fourth-order valence-corrected chi connectivity index (χ4v) is 2.97. The van der Waals surface area contributed by atoms with Gasteiger partial charge in [0.25, 0.3) is 5.91 Å². The zero-order chi connectivity index (χ0) is 21.5. The summed E-state index contributed by atoms with van der Waals surface area (Å²) >= 11 is 6.12. The summed E-state index contributed by atoms with van der Waals surface area (Å²) in [4.78, 5) is 36.2. The molecule has 3 aromatic carbocycles. The summed E-state index contributed by atoms with van der Waals surface area (Å²) in [5, 5.41) is 6.08. The molecule has 0 atom stereocenters. The number of hydrogen-bond acceptors (Lipinski definition) is 4. The highest BCUT2D eigenvalue weighted by Gasteiger charge is 2.13. The third kappa shape index (κ3) is 5.68. The van der Waals surface area contributed by atoms with E-state index in [0.717, 1.165) is 0 Å². The Kier molecular flexibility index (Phi) is 6.83. The van der Waals surface area contributed by atoms with Crippen molar-refractivity contribution in [1.82, 2.24) is 0 Å². The number of carbonyl (C=O) groups is 3. The lowest BCUT2D eigenvalue weighted by Gasteiger charge is -2.13. The molecule has 0 saturated heterocycles. The first-order valence-electron chi connectivity index (χ1n) is 9.14. The number of anilines is 2. The molecule has 0 aliphatic carbocycles. The molecule has 6 nitrogen and oxygen atoms in total. The molecule has 2 N–H and O–H groups in total. The van der Waals surface area contributed by atoms with Crippen molar-refractivity contribution in [2.45, 2.75) is 13.3 Å². The van der Waals surface area contributed by atoms with Gasteiger partial charge in [0, 0.05) is 17.5 Å². The van der Waals surface area contributed by atoms with Crippen LogP contribution in [0.3, 0.4) is 0 Å². The lowest BCUT2D eigenvalue weighted by Crippen LogP contribution is -2.18. The smallest absolute Gasteiger partial charge is 0.308 e. The highest BCUT2D eigenvalue weighted by Crippen LogP contribution is 2.23. The van der Waals surface area contributed by atoms with Crippen LogP contribution in [0.1, 0.15) is 22.8 Å². The summed E-state index contributed by atoms with van der Waals surface area (Å²) < 4.78 is 5.01. The van der Waals surface area contributed by atoms with Crippen LogP contribution in [0.2, 0.25) is 5.02 Å². The molecule has 0 heterocycles. The van der Waals surface area contributed by atoms with E-state index in [1.807, 2.05) is 6.07 Å². The van der Waals surface area contributed by atoms with Gasteiger partial charge in [-0.1, -0.05) is 48.0 Å². The zero-order valence-electron chi connectivity index (χ0n) is 16.1. The van der Waals surface area contributed by atoms with Crippen LogP contribution in [-0.2, 0) is 16.0 Å². The molecular formula is C23H19ClN2O4. The molecule has 0 aromatic heterocycles. The maximum atomic E-state index is 12.6. The molecule has 2 amide bonds. The van der Waals surface area contributed by atoms with Gasteiger partial charge in [0.05, 0.1) is 17.8 Å². The normalized spacial score (nSPS) is 10.2. The van der Waals surface area contributed by atoms with Gasteiger partial charge in [-0.05, 0) is 42.0 Å². The molecular weight excluding hydrogens is 404 g/mol. The molecule has 0 aliphatic rings. The Morgan fingerprint density at radius 1 is 0.867 bits per heavy atom. The number of esters is 1. The molecule has 152 valence electrons. The first-order chi connectivity index (χ1) is 14.4. The maximum Gasteiger partial charge on any atom is 0.308 e. The molecule has 0 fully saturated rings. The third-order valence-electron chi connectivity index (χ3n) is 4.12. The zero-order valence-corrected chi connectivity index (χ0v) is 16.9. The number of para-hydroxylation sites is 2. The van der Waals surface area contributed by atoms with Crippen LogP contribution < -0.4 is 15.4 Å². The van der Waals surface area contributed by atoms with E-state index in [9.17, 15) is 14.4 Å². The number of rotatable bonds is 6. The van der Waals surface area contributed by atoms with Gasteiger partial charge in [0.1, 0.15) is 5.75 Å². The molecule has 0 unspecified atom stereocenters. The number of ether oxygens (including phenoxy) is 1. The standard InChI is InChI=1S/C23H19ClN2O4/c1-15(27)30-18-9-6-8-17(13-18)23(29)26-21-12-5-4-11-20(21)25-22(28)14-16-7-2-3-10-19(16)24/h2-13H,14H2,1H3,(H,25,28)(H,26,29). The minimum Gasteiger partial charge on any atom is -0.427 e. The second-order valence-electron chi connectivity index (χ2n) is 6.44. The van der Waals surface area contributed by atoms with Crippen molar-refractivity contribution in [3.63, 3.8) is 0 Å². The maximum absolute atomic E-state index is 12.6. The van der Waals surface area contributed by atoms with E-state index in [1.54, 1.807) is 60.7 Å². The summed E-state index contributed by atoms with van der Waals surface area (Å²) in [6.45, 7) is 1.29. The van der Waals surface area contributed by atoms with Gasteiger partial charge in [0.2, 0.25) is 5.91 Å². The van der Waals surface area contributed by atoms with Crippen molar-refractivity contribution >= 4 is 40.8 Å². The average Bonchev–Trinajstić information content (AvgIpc) is 2.71. The van der Waals surface area contributed by atoms with Crippen molar-refractivity contribution in [3.8, 4) is 5.75 Å². The lowest BCUT2D eigenvalue weighted by molar-refractivity contribution is -0.131. The Labute approximate surface area is 178 Å². The van der Waals surface area contributed by atoms with Gasteiger partial charge in [0.15, 0.2) is 0 Å². The van der Waals surface area contributed by atoms with E-state index in [-0.39, 0.29) is 18.1 Å². The van der Waals surface area contributed by atoms with Crippen LogP contribution in [0.15, 0.2) is 72.8 Å². The first-order valence-corrected chi connectivity index (χ1v) is 9.52. The molecule has 0 radical (unpaired) electrons. The molecule has 3 rings (SSSR count). The summed E-state index contributed by atoms with van der Waals surface area (Å²) in [7, 11) is 0. The predicted octanol–water partition coefficient (Wildman–Crippen LogP) is 4.70. The van der Waals surface area contributed by atoms with E-state index in [2.05, 4.69) is 10.6 Å². The Balaban J connectivity index is 1.72. The Morgan fingerprint density at radius 3 is 2.23 bits per heavy atom. The highest BCUT2D eigenvalue weighted by molar-refractivity contribution is 6.31. The predicted molar refractivity (Wildman–Crippen MR) is 116 cm³/mol. The van der Waals surface area contributed by atoms with Crippen LogP contribution in [-0.4, -0.2) is 17.8 Å². The third-order valence-corrected chi connectivity index (χ3v) is 4.48. The van der Waals surface area contributed by atoms with Crippen LogP contribution in [0.25, 0.3) is 0 Å². The number of halogens is 1.